The zero-order valence-corrected chi connectivity index (χ0v) is 10.9. The summed E-state index contributed by atoms with van der Waals surface area (Å²) >= 11 is 0. The van der Waals surface area contributed by atoms with Gasteiger partial charge in [-0.25, -0.2) is 0 Å². The van der Waals surface area contributed by atoms with Gasteiger partial charge >= 0.3 is 0 Å². The molecule has 0 saturated carbocycles. The van der Waals surface area contributed by atoms with Gasteiger partial charge < -0.3 is 15.4 Å². The van der Waals surface area contributed by atoms with Crippen LogP contribution in [-0.2, 0) is 4.74 Å². The zero-order chi connectivity index (χ0) is 12.5. The number of nitrogens with zero attached hydrogens (tertiary/aromatic N) is 2. The molecule has 2 fully saturated rings. The second-order valence-electron chi connectivity index (χ2n) is 5.32. The predicted octanol–water partition coefficient (Wildman–Crippen LogP) is 1.18. The molecular weight excluding hydrogens is 226 g/mol. The second-order valence-corrected chi connectivity index (χ2v) is 5.32. The molecule has 0 aliphatic carbocycles. The summed E-state index contributed by atoms with van der Waals surface area (Å²) in [6.07, 6.45) is 0. The summed E-state index contributed by atoms with van der Waals surface area (Å²) in [4.78, 5) is 5.03. The van der Waals surface area contributed by atoms with Crippen molar-refractivity contribution in [3.05, 3.63) is 24.3 Å². The molecule has 2 saturated heterocycles. The van der Waals surface area contributed by atoms with Crippen molar-refractivity contribution in [2.24, 2.45) is 0 Å². The molecule has 4 nitrogen and oxygen atoms in total. The van der Waals surface area contributed by atoms with Crippen molar-refractivity contribution in [3.8, 4) is 0 Å². The molecule has 0 spiro atoms. The maximum atomic E-state index is 5.74. The Morgan fingerprint density at radius 3 is 2.44 bits per heavy atom. The molecule has 1 atom stereocenters. The highest BCUT2D eigenvalue weighted by Gasteiger charge is 2.31. The zero-order valence-electron chi connectivity index (χ0n) is 10.9. The highest BCUT2D eigenvalue weighted by molar-refractivity contribution is 5.54. The van der Waals surface area contributed by atoms with E-state index < -0.39 is 0 Å². The predicted molar refractivity (Wildman–Crippen MR) is 73.8 cm³/mol. The normalized spacial score (nSPS) is 26.1. The van der Waals surface area contributed by atoms with Crippen molar-refractivity contribution in [2.75, 3.05) is 43.5 Å². The first kappa shape index (κ1) is 11.8. The molecule has 1 aromatic rings. The summed E-state index contributed by atoms with van der Waals surface area (Å²) in [5, 5.41) is 0. The molecule has 0 amide bonds. The van der Waals surface area contributed by atoms with Gasteiger partial charge in [0.15, 0.2) is 0 Å². The Balaban J connectivity index is 1.66. The van der Waals surface area contributed by atoms with Gasteiger partial charge in [0.1, 0.15) is 0 Å². The number of anilines is 2. The van der Waals surface area contributed by atoms with Crippen LogP contribution in [0.5, 0.6) is 0 Å². The Kier molecular flexibility index (Phi) is 3.14. The molecule has 3 rings (SSSR count). The Hall–Kier alpha value is -1.26. The Morgan fingerprint density at radius 2 is 1.89 bits per heavy atom. The Labute approximate surface area is 108 Å². The molecule has 1 aromatic carbocycles. The quantitative estimate of drug-likeness (QED) is 0.797. The van der Waals surface area contributed by atoms with Gasteiger partial charge in [-0.05, 0) is 31.2 Å². The van der Waals surface area contributed by atoms with Gasteiger partial charge in [-0.2, -0.15) is 0 Å². The summed E-state index contributed by atoms with van der Waals surface area (Å²) in [7, 11) is 0. The van der Waals surface area contributed by atoms with Crippen LogP contribution in [0.25, 0.3) is 0 Å². The number of rotatable bonds is 2. The van der Waals surface area contributed by atoms with Crippen LogP contribution in [-0.4, -0.2) is 49.8 Å². The first-order valence-electron chi connectivity index (χ1n) is 6.68. The van der Waals surface area contributed by atoms with Crippen molar-refractivity contribution >= 4 is 11.4 Å². The van der Waals surface area contributed by atoms with Crippen molar-refractivity contribution in [1.29, 1.82) is 0 Å². The third kappa shape index (κ3) is 2.18. The van der Waals surface area contributed by atoms with Crippen LogP contribution in [0.1, 0.15) is 6.92 Å². The molecule has 18 heavy (non-hydrogen) atoms. The summed E-state index contributed by atoms with van der Waals surface area (Å²) in [5.41, 5.74) is 7.85. The minimum absolute atomic E-state index is 0.544. The fourth-order valence-corrected chi connectivity index (χ4v) is 2.80. The summed E-state index contributed by atoms with van der Waals surface area (Å²) in [6, 6.07) is 9.40. The van der Waals surface area contributed by atoms with Crippen LogP contribution < -0.4 is 10.6 Å². The van der Waals surface area contributed by atoms with E-state index >= 15 is 0 Å². The van der Waals surface area contributed by atoms with E-state index in [0.29, 0.717) is 12.1 Å². The van der Waals surface area contributed by atoms with Crippen molar-refractivity contribution < 1.29 is 4.74 Å². The minimum Gasteiger partial charge on any atom is -0.399 e. The molecule has 2 aliphatic rings. The number of piperazine rings is 1. The average molecular weight is 247 g/mol. The molecule has 4 heteroatoms. The summed E-state index contributed by atoms with van der Waals surface area (Å²) < 4.78 is 5.28. The van der Waals surface area contributed by atoms with Crippen LogP contribution in [0.2, 0.25) is 0 Å². The van der Waals surface area contributed by atoms with E-state index in [-0.39, 0.29) is 0 Å². The molecule has 0 bridgehead atoms. The number of nitrogens with two attached hydrogens (primary N) is 1. The van der Waals surface area contributed by atoms with Crippen LogP contribution >= 0.6 is 0 Å². The van der Waals surface area contributed by atoms with Gasteiger partial charge in [-0.15, -0.1) is 0 Å². The molecule has 2 heterocycles. The second kappa shape index (κ2) is 4.78. The van der Waals surface area contributed by atoms with Crippen LogP contribution in [0, 0.1) is 0 Å². The van der Waals surface area contributed by atoms with Crippen molar-refractivity contribution in [2.45, 2.75) is 19.0 Å². The monoisotopic (exact) mass is 247 g/mol. The molecule has 0 unspecified atom stereocenters. The lowest BCUT2D eigenvalue weighted by Crippen LogP contribution is -2.59. The van der Waals surface area contributed by atoms with E-state index in [1.54, 1.807) is 0 Å². The maximum Gasteiger partial charge on any atom is 0.0645 e. The molecular formula is C14H21N3O. The smallest absolute Gasteiger partial charge is 0.0645 e. The highest BCUT2D eigenvalue weighted by Crippen LogP contribution is 2.23. The lowest BCUT2D eigenvalue weighted by Gasteiger charge is -2.46. The van der Waals surface area contributed by atoms with E-state index in [0.717, 1.165) is 38.5 Å². The third-order valence-electron chi connectivity index (χ3n) is 4.02. The van der Waals surface area contributed by atoms with E-state index in [2.05, 4.69) is 28.9 Å². The van der Waals surface area contributed by atoms with E-state index in [1.165, 1.54) is 5.69 Å². The summed E-state index contributed by atoms with van der Waals surface area (Å²) in [6.45, 7) is 7.45. The SMILES string of the molecule is C[C@H]1CN(C2COC2)CCN1c1ccc(N)cc1. The molecule has 0 radical (unpaired) electrons. The van der Waals surface area contributed by atoms with E-state index in [4.69, 9.17) is 10.5 Å². The average Bonchev–Trinajstić information content (AvgIpc) is 2.29. The topological polar surface area (TPSA) is 41.7 Å². The van der Waals surface area contributed by atoms with Crippen LogP contribution in [0.15, 0.2) is 24.3 Å². The highest BCUT2D eigenvalue weighted by atomic mass is 16.5. The summed E-state index contributed by atoms with van der Waals surface area (Å²) in [5.74, 6) is 0. The number of benzene rings is 1. The largest absolute Gasteiger partial charge is 0.399 e. The Morgan fingerprint density at radius 1 is 1.17 bits per heavy atom. The van der Waals surface area contributed by atoms with Gasteiger partial charge in [0.25, 0.3) is 0 Å². The van der Waals surface area contributed by atoms with Gasteiger partial charge in [0.2, 0.25) is 0 Å². The lowest BCUT2D eigenvalue weighted by atomic mass is 10.1. The minimum atomic E-state index is 0.544. The number of hydrogen-bond acceptors (Lipinski definition) is 4. The standard InChI is InChI=1S/C14H21N3O/c1-11-8-16(14-9-18-10-14)6-7-17(11)13-4-2-12(15)3-5-13/h2-5,11,14H,6-10,15H2,1H3/t11-/m0/s1. The fourth-order valence-electron chi connectivity index (χ4n) is 2.80. The van der Waals surface area contributed by atoms with Crippen LogP contribution in [0.4, 0.5) is 11.4 Å². The van der Waals surface area contributed by atoms with Gasteiger partial charge in [0, 0.05) is 37.1 Å². The van der Waals surface area contributed by atoms with Gasteiger partial charge in [-0.1, -0.05) is 0 Å². The van der Waals surface area contributed by atoms with Crippen molar-refractivity contribution in [1.82, 2.24) is 4.90 Å². The first-order valence-corrected chi connectivity index (χ1v) is 6.68. The molecule has 0 aromatic heterocycles. The molecule has 98 valence electrons. The maximum absolute atomic E-state index is 5.74. The third-order valence-corrected chi connectivity index (χ3v) is 4.02. The van der Waals surface area contributed by atoms with Gasteiger partial charge in [-0.3, -0.25) is 4.90 Å². The molecule has 2 aliphatic heterocycles. The number of nitrogen functional groups attached to an aromatic ring is 1. The Bertz CT molecular complexity index is 402. The fraction of sp³-hybridized carbons (Fsp3) is 0.571. The molecule has 2 N–H and O–H groups in total. The van der Waals surface area contributed by atoms with Gasteiger partial charge in [0.05, 0.1) is 19.3 Å². The first-order chi connectivity index (χ1) is 8.74. The lowest BCUT2D eigenvalue weighted by molar-refractivity contribution is -0.0691. The number of hydrogen-bond donors (Lipinski definition) is 1. The number of ether oxygens (including phenoxy) is 1. The van der Waals surface area contributed by atoms with Crippen LogP contribution in [0.3, 0.4) is 0 Å². The van der Waals surface area contributed by atoms with E-state index in [1.807, 2.05) is 12.1 Å². The van der Waals surface area contributed by atoms with Crippen molar-refractivity contribution in [3.63, 3.8) is 0 Å². The van der Waals surface area contributed by atoms with E-state index in [9.17, 15) is 0 Å².